The maximum atomic E-state index is 2.45. The average molecular weight is 321 g/mol. The first-order valence-corrected chi connectivity index (χ1v) is 7.43. The fraction of sp³-hybridized carbons (Fsp3) is 1.00. The Labute approximate surface area is 111 Å². The fourth-order valence-electron chi connectivity index (χ4n) is 3.26. The Morgan fingerprint density at radius 2 is 1.13 bits per heavy atom. The Hall–Kier alpha value is 1.09. The van der Waals surface area contributed by atoms with Crippen LogP contribution in [-0.4, -0.2) is 16.0 Å². The standard InChI is InChI=1S/C13H27P.Pd/c1-12(2,3)14(13(4,5)6)11-9-7-8-10-11;/h11H,7-10H2,1-6H3;. The molecule has 0 aromatic carbocycles. The number of rotatable bonds is 1. The molecule has 0 atom stereocenters. The van der Waals surface area contributed by atoms with Crippen LogP contribution in [0.5, 0.6) is 0 Å². The molecule has 1 aliphatic carbocycles. The molecule has 0 heterocycles. The van der Waals surface area contributed by atoms with Crippen molar-refractivity contribution in [2.75, 3.05) is 0 Å². The third-order valence-corrected chi connectivity index (χ3v) is 7.27. The summed E-state index contributed by atoms with van der Waals surface area (Å²) in [5, 5.41) is 1.06. The van der Waals surface area contributed by atoms with Crippen LogP contribution in [-0.2, 0) is 20.4 Å². The van der Waals surface area contributed by atoms with Crippen LogP contribution in [0.25, 0.3) is 0 Å². The van der Waals surface area contributed by atoms with Crippen molar-refractivity contribution in [3.05, 3.63) is 0 Å². The van der Waals surface area contributed by atoms with Gasteiger partial charge in [0, 0.05) is 20.4 Å². The van der Waals surface area contributed by atoms with Crippen LogP contribution < -0.4 is 0 Å². The van der Waals surface area contributed by atoms with Crippen LogP contribution in [0.3, 0.4) is 0 Å². The molecule has 1 aliphatic rings. The van der Waals surface area contributed by atoms with Gasteiger partial charge in [-0.2, -0.15) is 0 Å². The number of hydrogen-bond acceptors (Lipinski definition) is 0. The van der Waals surface area contributed by atoms with Gasteiger partial charge in [0.25, 0.3) is 0 Å². The maximum absolute atomic E-state index is 2.45. The fourth-order valence-corrected chi connectivity index (χ4v) is 8.35. The molecule has 1 fully saturated rings. The molecule has 1 rings (SSSR count). The van der Waals surface area contributed by atoms with Gasteiger partial charge < -0.3 is 0 Å². The molecule has 0 aromatic heterocycles. The van der Waals surface area contributed by atoms with Crippen molar-refractivity contribution in [3.8, 4) is 0 Å². The van der Waals surface area contributed by atoms with Crippen molar-refractivity contribution >= 4 is 7.92 Å². The summed E-state index contributed by atoms with van der Waals surface area (Å²) in [6, 6.07) is 0. The zero-order chi connectivity index (χ0) is 11.0. The Morgan fingerprint density at radius 3 is 1.40 bits per heavy atom. The molecule has 0 spiro atoms. The molecule has 94 valence electrons. The Morgan fingerprint density at radius 1 is 0.800 bits per heavy atom. The van der Waals surface area contributed by atoms with Gasteiger partial charge in [-0.25, -0.2) is 0 Å². The van der Waals surface area contributed by atoms with Crippen LogP contribution >= 0.6 is 7.92 Å². The summed E-state index contributed by atoms with van der Waals surface area (Å²) >= 11 is 0. The summed E-state index contributed by atoms with van der Waals surface area (Å²) in [4.78, 5) is 0. The van der Waals surface area contributed by atoms with Crippen LogP contribution in [0.15, 0.2) is 0 Å². The van der Waals surface area contributed by atoms with Gasteiger partial charge in [-0.1, -0.05) is 62.3 Å². The second-order valence-corrected chi connectivity index (χ2v) is 10.8. The molecular weight excluding hydrogens is 294 g/mol. The first kappa shape index (κ1) is 16.1. The van der Waals surface area contributed by atoms with E-state index in [9.17, 15) is 0 Å². The van der Waals surface area contributed by atoms with Crippen LogP contribution in [0.4, 0.5) is 0 Å². The SMILES string of the molecule is CC(C)(C)P(C1CCCC1)C(C)(C)C.[Pd]. The van der Waals surface area contributed by atoms with Crippen LogP contribution in [0.2, 0.25) is 0 Å². The topological polar surface area (TPSA) is 0 Å². The van der Waals surface area contributed by atoms with E-state index in [1.807, 2.05) is 0 Å². The van der Waals surface area contributed by atoms with Gasteiger partial charge in [0.2, 0.25) is 0 Å². The zero-order valence-electron chi connectivity index (χ0n) is 11.2. The third kappa shape index (κ3) is 4.46. The van der Waals surface area contributed by atoms with E-state index in [1.165, 1.54) is 25.7 Å². The summed E-state index contributed by atoms with van der Waals surface area (Å²) < 4.78 is 0. The summed E-state index contributed by atoms with van der Waals surface area (Å²) in [7, 11) is 0.156. The van der Waals surface area contributed by atoms with E-state index in [4.69, 9.17) is 0 Å². The van der Waals surface area contributed by atoms with Gasteiger partial charge >= 0.3 is 0 Å². The minimum absolute atomic E-state index is 0. The summed E-state index contributed by atoms with van der Waals surface area (Å²) in [5.74, 6) is 0. The molecule has 0 amide bonds. The van der Waals surface area contributed by atoms with Crippen molar-refractivity contribution in [1.29, 1.82) is 0 Å². The summed E-state index contributed by atoms with van der Waals surface area (Å²) in [6.45, 7) is 14.7. The smallest absolute Gasteiger partial charge is 0 e. The van der Waals surface area contributed by atoms with E-state index < -0.39 is 0 Å². The molecule has 0 bridgehead atoms. The predicted octanol–water partition coefficient (Wildman–Crippen LogP) is 5.01. The van der Waals surface area contributed by atoms with Gasteiger partial charge in [0.05, 0.1) is 0 Å². The van der Waals surface area contributed by atoms with Gasteiger partial charge in [-0.15, -0.1) is 0 Å². The normalized spacial score (nSPS) is 19.4. The molecule has 2 heteroatoms. The van der Waals surface area contributed by atoms with Gasteiger partial charge in [0.1, 0.15) is 0 Å². The first-order chi connectivity index (χ1) is 6.23. The minimum atomic E-state index is 0. The number of hydrogen-bond donors (Lipinski definition) is 0. The van der Waals surface area contributed by atoms with Crippen molar-refractivity contribution in [2.24, 2.45) is 0 Å². The van der Waals surface area contributed by atoms with E-state index in [0.29, 0.717) is 10.3 Å². The molecule has 0 radical (unpaired) electrons. The molecular formula is C13H27PPd. The largest absolute Gasteiger partial charge is 0.0924 e. The minimum Gasteiger partial charge on any atom is -0.0924 e. The van der Waals surface area contributed by atoms with Gasteiger partial charge in [-0.3, -0.25) is 0 Å². The Kier molecular flexibility index (Phi) is 6.03. The Balaban J connectivity index is 0.00000196. The zero-order valence-corrected chi connectivity index (χ0v) is 13.6. The van der Waals surface area contributed by atoms with Crippen LogP contribution in [0.1, 0.15) is 67.2 Å². The Bertz CT molecular complexity index is 168. The predicted molar refractivity (Wildman–Crippen MR) is 68.7 cm³/mol. The molecule has 0 aliphatic heterocycles. The molecule has 0 unspecified atom stereocenters. The molecule has 0 nitrogen and oxygen atoms in total. The molecule has 0 N–H and O–H groups in total. The van der Waals surface area contributed by atoms with Crippen molar-refractivity contribution < 1.29 is 20.4 Å². The van der Waals surface area contributed by atoms with E-state index in [1.54, 1.807) is 0 Å². The van der Waals surface area contributed by atoms with E-state index in [0.717, 1.165) is 5.66 Å². The van der Waals surface area contributed by atoms with E-state index in [-0.39, 0.29) is 28.3 Å². The first-order valence-electron chi connectivity index (χ1n) is 6.02. The van der Waals surface area contributed by atoms with Crippen LogP contribution in [0, 0.1) is 0 Å². The molecule has 0 aromatic rings. The van der Waals surface area contributed by atoms with Gasteiger partial charge in [0.15, 0.2) is 0 Å². The summed E-state index contributed by atoms with van der Waals surface area (Å²) in [6.07, 6.45) is 5.96. The van der Waals surface area contributed by atoms with E-state index in [2.05, 4.69) is 41.5 Å². The molecule has 0 saturated heterocycles. The average Bonchev–Trinajstić information content (AvgIpc) is 2.31. The monoisotopic (exact) mass is 320 g/mol. The van der Waals surface area contributed by atoms with Crippen molar-refractivity contribution in [1.82, 2.24) is 0 Å². The van der Waals surface area contributed by atoms with Crippen molar-refractivity contribution in [2.45, 2.75) is 83.2 Å². The second-order valence-electron chi connectivity index (χ2n) is 6.65. The second kappa shape index (κ2) is 5.62. The maximum Gasteiger partial charge on any atom is 0 e. The van der Waals surface area contributed by atoms with E-state index >= 15 is 0 Å². The third-order valence-electron chi connectivity index (χ3n) is 3.14. The quantitative estimate of drug-likeness (QED) is 0.471. The van der Waals surface area contributed by atoms with Crippen molar-refractivity contribution in [3.63, 3.8) is 0 Å². The molecule has 15 heavy (non-hydrogen) atoms. The van der Waals surface area contributed by atoms with Gasteiger partial charge in [-0.05, 0) is 28.8 Å². The molecule has 1 saturated carbocycles. The summed E-state index contributed by atoms with van der Waals surface area (Å²) in [5.41, 5.74) is 1.05.